The zero-order valence-electron chi connectivity index (χ0n) is 13.7. The summed E-state index contributed by atoms with van der Waals surface area (Å²) >= 11 is 0. The lowest BCUT2D eigenvalue weighted by molar-refractivity contribution is 0.306. The first-order valence-corrected chi connectivity index (χ1v) is 8.31. The van der Waals surface area contributed by atoms with Gasteiger partial charge in [-0.15, -0.1) is 0 Å². The van der Waals surface area contributed by atoms with Gasteiger partial charge in [-0.05, 0) is 62.1 Å². The van der Waals surface area contributed by atoms with E-state index in [1.54, 1.807) is 6.07 Å². The Labute approximate surface area is 131 Å². The number of fused-ring (bicyclic) bond motifs is 1. The molecule has 1 aliphatic rings. The number of nitrogens with one attached hydrogen (secondary N) is 1. The number of rotatable bonds is 3. The van der Waals surface area contributed by atoms with E-state index < -0.39 is 0 Å². The maximum atomic E-state index is 11.9. The molecule has 0 amide bonds. The van der Waals surface area contributed by atoms with Gasteiger partial charge in [0.25, 0.3) is 0 Å². The lowest BCUT2D eigenvalue weighted by atomic mass is 9.87. The topological polar surface area (TPSA) is 42.2 Å². The van der Waals surface area contributed by atoms with Gasteiger partial charge in [-0.25, -0.2) is 4.79 Å². The molecule has 1 heterocycles. The van der Waals surface area contributed by atoms with Crippen LogP contribution in [-0.2, 0) is 6.54 Å². The predicted molar refractivity (Wildman–Crippen MR) is 90.2 cm³/mol. The van der Waals surface area contributed by atoms with Crippen molar-refractivity contribution in [3.63, 3.8) is 0 Å². The molecule has 1 saturated carbocycles. The van der Waals surface area contributed by atoms with Crippen LogP contribution in [0.1, 0.15) is 49.3 Å². The van der Waals surface area contributed by atoms with Gasteiger partial charge in [0, 0.05) is 24.0 Å². The van der Waals surface area contributed by atoms with Crippen molar-refractivity contribution >= 4 is 11.0 Å². The van der Waals surface area contributed by atoms with Crippen molar-refractivity contribution in [1.82, 2.24) is 5.32 Å². The molecule has 22 heavy (non-hydrogen) atoms. The average molecular weight is 299 g/mol. The molecular weight excluding hydrogens is 274 g/mol. The highest BCUT2D eigenvalue weighted by Gasteiger charge is 2.18. The zero-order valence-corrected chi connectivity index (χ0v) is 13.7. The molecule has 1 aromatic heterocycles. The van der Waals surface area contributed by atoms with Crippen molar-refractivity contribution in [2.75, 3.05) is 0 Å². The van der Waals surface area contributed by atoms with Crippen molar-refractivity contribution in [2.45, 2.75) is 59.0 Å². The predicted octanol–water partition coefficient (Wildman–Crippen LogP) is 4.08. The summed E-state index contributed by atoms with van der Waals surface area (Å²) in [4.78, 5) is 11.9. The Hall–Kier alpha value is -1.61. The minimum absolute atomic E-state index is 0.254. The fourth-order valence-corrected chi connectivity index (χ4v) is 3.39. The van der Waals surface area contributed by atoms with Crippen molar-refractivity contribution in [1.29, 1.82) is 0 Å². The molecule has 0 atom stereocenters. The minimum atomic E-state index is -0.254. The molecule has 1 N–H and O–H groups in total. The van der Waals surface area contributed by atoms with E-state index in [1.807, 2.05) is 13.8 Å². The third-order valence-electron chi connectivity index (χ3n) is 5.11. The molecule has 0 aliphatic heterocycles. The Kier molecular flexibility index (Phi) is 4.34. The van der Waals surface area contributed by atoms with E-state index >= 15 is 0 Å². The van der Waals surface area contributed by atoms with E-state index in [2.05, 4.69) is 24.4 Å². The second-order valence-electron chi connectivity index (χ2n) is 6.81. The van der Waals surface area contributed by atoms with Gasteiger partial charge < -0.3 is 9.73 Å². The van der Waals surface area contributed by atoms with Gasteiger partial charge >= 0.3 is 5.63 Å². The Morgan fingerprint density at radius 2 is 1.91 bits per heavy atom. The summed E-state index contributed by atoms with van der Waals surface area (Å²) in [6.07, 6.45) is 5.07. The molecule has 118 valence electrons. The van der Waals surface area contributed by atoms with Crippen LogP contribution in [0.3, 0.4) is 0 Å². The Bertz CT molecular complexity index is 724. The van der Waals surface area contributed by atoms with E-state index in [1.165, 1.54) is 25.7 Å². The molecule has 0 bridgehead atoms. The van der Waals surface area contributed by atoms with Crippen LogP contribution >= 0.6 is 0 Å². The standard InChI is InChI=1S/C19H25NO2/c1-12-4-7-16(8-5-12)20-11-15-10-18(21)22-19-14(3)13(2)6-9-17(15)19/h6,9-10,12,16,20H,4-5,7-8,11H2,1-3H3. The molecule has 0 radical (unpaired) electrons. The fourth-order valence-electron chi connectivity index (χ4n) is 3.39. The van der Waals surface area contributed by atoms with Gasteiger partial charge in [0.1, 0.15) is 5.58 Å². The third-order valence-corrected chi connectivity index (χ3v) is 5.11. The summed E-state index contributed by atoms with van der Waals surface area (Å²) in [7, 11) is 0. The molecule has 0 spiro atoms. The molecular formula is C19H25NO2. The number of hydrogen-bond donors (Lipinski definition) is 1. The highest BCUT2D eigenvalue weighted by atomic mass is 16.4. The molecule has 1 aliphatic carbocycles. The van der Waals surface area contributed by atoms with E-state index in [9.17, 15) is 4.79 Å². The molecule has 1 fully saturated rings. The van der Waals surface area contributed by atoms with E-state index in [-0.39, 0.29) is 5.63 Å². The van der Waals surface area contributed by atoms with E-state index in [0.29, 0.717) is 6.04 Å². The van der Waals surface area contributed by atoms with Crippen LogP contribution in [0.2, 0.25) is 0 Å². The fraction of sp³-hybridized carbons (Fsp3) is 0.526. The molecule has 3 heteroatoms. The minimum Gasteiger partial charge on any atom is -0.422 e. The van der Waals surface area contributed by atoms with Crippen molar-refractivity contribution in [2.24, 2.45) is 5.92 Å². The van der Waals surface area contributed by atoms with E-state index in [4.69, 9.17) is 4.42 Å². The van der Waals surface area contributed by atoms with Crippen LogP contribution in [0.25, 0.3) is 11.0 Å². The van der Waals surface area contributed by atoms with Crippen LogP contribution in [0.5, 0.6) is 0 Å². The van der Waals surface area contributed by atoms with Crippen LogP contribution in [0.15, 0.2) is 27.4 Å². The normalized spacial score (nSPS) is 22.1. The SMILES string of the molecule is Cc1ccc2c(CNC3CCC(C)CC3)cc(=O)oc2c1C. The number of hydrogen-bond acceptors (Lipinski definition) is 3. The first kappa shape index (κ1) is 15.3. The van der Waals surface area contributed by atoms with Gasteiger partial charge in [-0.2, -0.15) is 0 Å². The molecule has 1 aromatic carbocycles. The quantitative estimate of drug-likeness (QED) is 0.868. The largest absolute Gasteiger partial charge is 0.422 e. The van der Waals surface area contributed by atoms with Crippen LogP contribution in [-0.4, -0.2) is 6.04 Å². The van der Waals surface area contributed by atoms with Crippen molar-refractivity contribution in [3.05, 3.63) is 45.3 Å². The molecule has 0 unspecified atom stereocenters. The lowest BCUT2D eigenvalue weighted by Crippen LogP contribution is -2.32. The van der Waals surface area contributed by atoms with Gasteiger partial charge in [-0.3, -0.25) is 0 Å². The van der Waals surface area contributed by atoms with Crippen molar-refractivity contribution in [3.8, 4) is 0 Å². The monoisotopic (exact) mass is 299 g/mol. The lowest BCUT2D eigenvalue weighted by Gasteiger charge is -2.27. The summed E-state index contributed by atoms with van der Waals surface area (Å²) in [5.41, 5.74) is 3.75. The Balaban J connectivity index is 1.84. The Morgan fingerprint density at radius 1 is 1.18 bits per heavy atom. The first-order chi connectivity index (χ1) is 10.5. The van der Waals surface area contributed by atoms with E-state index in [0.717, 1.165) is 40.1 Å². The summed E-state index contributed by atoms with van der Waals surface area (Å²) in [5, 5.41) is 4.69. The van der Waals surface area contributed by atoms with Crippen LogP contribution in [0.4, 0.5) is 0 Å². The maximum absolute atomic E-state index is 11.9. The first-order valence-electron chi connectivity index (χ1n) is 8.31. The Morgan fingerprint density at radius 3 is 2.64 bits per heavy atom. The van der Waals surface area contributed by atoms with Crippen LogP contribution < -0.4 is 10.9 Å². The molecule has 0 saturated heterocycles. The zero-order chi connectivity index (χ0) is 15.7. The van der Waals surface area contributed by atoms with Crippen LogP contribution in [0, 0.1) is 19.8 Å². The number of benzene rings is 1. The molecule has 3 rings (SSSR count). The summed E-state index contributed by atoms with van der Waals surface area (Å²) < 4.78 is 5.44. The summed E-state index contributed by atoms with van der Waals surface area (Å²) in [5.74, 6) is 0.855. The highest BCUT2D eigenvalue weighted by Crippen LogP contribution is 2.25. The average Bonchev–Trinajstić information content (AvgIpc) is 2.50. The van der Waals surface area contributed by atoms with Gasteiger partial charge in [-0.1, -0.05) is 19.1 Å². The van der Waals surface area contributed by atoms with Gasteiger partial charge in [0.05, 0.1) is 0 Å². The second-order valence-corrected chi connectivity index (χ2v) is 6.81. The maximum Gasteiger partial charge on any atom is 0.336 e. The molecule has 3 nitrogen and oxygen atoms in total. The van der Waals surface area contributed by atoms with Crippen molar-refractivity contribution < 1.29 is 4.42 Å². The highest BCUT2D eigenvalue weighted by molar-refractivity contribution is 5.83. The third kappa shape index (κ3) is 3.09. The smallest absolute Gasteiger partial charge is 0.336 e. The molecule has 2 aromatic rings. The summed E-state index contributed by atoms with van der Waals surface area (Å²) in [6, 6.07) is 6.38. The summed E-state index contributed by atoms with van der Waals surface area (Å²) in [6.45, 7) is 7.13. The number of aryl methyl sites for hydroxylation is 2. The van der Waals surface area contributed by atoms with Gasteiger partial charge in [0.15, 0.2) is 0 Å². The second kappa shape index (κ2) is 6.25. The van der Waals surface area contributed by atoms with Gasteiger partial charge in [0.2, 0.25) is 0 Å².